The molecule has 0 spiro atoms. The van der Waals surface area contributed by atoms with Gasteiger partial charge in [0.1, 0.15) is 0 Å². The normalized spacial score (nSPS) is 19.7. The highest BCUT2D eigenvalue weighted by atomic mass is 15.2. The molecular formula is C12H26N2. The van der Waals surface area contributed by atoms with Crippen molar-refractivity contribution in [3.63, 3.8) is 0 Å². The number of hydrogen-bond acceptors (Lipinski definition) is 2. The summed E-state index contributed by atoms with van der Waals surface area (Å²) in [5.74, 6) is 0.999. The maximum Gasteiger partial charge on any atom is 0.0192 e. The molecule has 84 valence electrons. The van der Waals surface area contributed by atoms with Crippen LogP contribution in [-0.4, -0.2) is 37.1 Å². The SMILES string of the molecule is CCNCC(C)N(CC)CC1CCC1. The van der Waals surface area contributed by atoms with Gasteiger partial charge in [-0.2, -0.15) is 0 Å². The highest BCUT2D eigenvalue weighted by Gasteiger charge is 2.22. The van der Waals surface area contributed by atoms with E-state index in [-0.39, 0.29) is 0 Å². The molecule has 2 heteroatoms. The maximum absolute atomic E-state index is 3.43. The minimum absolute atomic E-state index is 0.695. The zero-order valence-electron chi connectivity index (χ0n) is 10.1. The summed E-state index contributed by atoms with van der Waals surface area (Å²) in [5.41, 5.74) is 0. The van der Waals surface area contributed by atoms with Gasteiger partial charge >= 0.3 is 0 Å². The molecular weight excluding hydrogens is 172 g/mol. The monoisotopic (exact) mass is 198 g/mol. The molecule has 0 aromatic heterocycles. The van der Waals surface area contributed by atoms with Gasteiger partial charge in [0.2, 0.25) is 0 Å². The van der Waals surface area contributed by atoms with Gasteiger partial charge in [-0.3, -0.25) is 4.90 Å². The van der Waals surface area contributed by atoms with E-state index in [0.717, 1.165) is 19.0 Å². The summed E-state index contributed by atoms with van der Waals surface area (Å²) >= 11 is 0. The van der Waals surface area contributed by atoms with E-state index in [0.29, 0.717) is 6.04 Å². The molecule has 0 aliphatic heterocycles. The summed E-state index contributed by atoms with van der Waals surface area (Å²) in [7, 11) is 0. The van der Waals surface area contributed by atoms with Gasteiger partial charge < -0.3 is 5.32 Å². The topological polar surface area (TPSA) is 15.3 Å². The summed E-state index contributed by atoms with van der Waals surface area (Å²) in [5, 5.41) is 3.43. The molecule has 0 bridgehead atoms. The van der Waals surface area contributed by atoms with E-state index >= 15 is 0 Å². The van der Waals surface area contributed by atoms with Crippen molar-refractivity contribution in [3.8, 4) is 0 Å². The molecule has 2 nitrogen and oxygen atoms in total. The van der Waals surface area contributed by atoms with Crippen LogP contribution in [0.15, 0.2) is 0 Å². The van der Waals surface area contributed by atoms with Crippen molar-refractivity contribution in [2.45, 2.75) is 46.1 Å². The molecule has 1 N–H and O–H groups in total. The number of hydrogen-bond donors (Lipinski definition) is 1. The van der Waals surface area contributed by atoms with Crippen LogP contribution in [0, 0.1) is 5.92 Å². The zero-order valence-corrected chi connectivity index (χ0v) is 10.1. The predicted octanol–water partition coefficient (Wildman–Crippen LogP) is 2.11. The first-order valence-corrected chi connectivity index (χ1v) is 6.22. The molecule has 0 amide bonds. The summed E-state index contributed by atoms with van der Waals surface area (Å²) in [6, 6.07) is 0.695. The highest BCUT2D eigenvalue weighted by molar-refractivity contribution is 4.77. The fourth-order valence-corrected chi connectivity index (χ4v) is 2.11. The van der Waals surface area contributed by atoms with E-state index in [1.165, 1.54) is 32.4 Å². The van der Waals surface area contributed by atoms with E-state index in [1.54, 1.807) is 0 Å². The van der Waals surface area contributed by atoms with Gasteiger partial charge in [-0.15, -0.1) is 0 Å². The molecule has 0 radical (unpaired) electrons. The fourth-order valence-electron chi connectivity index (χ4n) is 2.11. The largest absolute Gasteiger partial charge is 0.315 e. The van der Waals surface area contributed by atoms with Crippen LogP contribution in [0.1, 0.15) is 40.0 Å². The van der Waals surface area contributed by atoms with E-state index in [9.17, 15) is 0 Å². The van der Waals surface area contributed by atoms with Crippen molar-refractivity contribution in [2.24, 2.45) is 5.92 Å². The van der Waals surface area contributed by atoms with Gasteiger partial charge in [0.05, 0.1) is 0 Å². The Morgan fingerprint density at radius 1 is 1.36 bits per heavy atom. The summed E-state index contributed by atoms with van der Waals surface area (Å²) < 4.78 is 0. The molecule has 1 atom stereocenters. The van der Waals surface area contributed by atoms with Gasteiger partial charge in [0, 0.05) is 19.1 Å². The van der Waals surface area contributed by atoms with E-state index in [2.05, 4.69) is 31.0 Å². The van der Waals surface area contributed by atoms with Crippen LogP contribution < -0.4 is 5.32 Å². The first-order chi connectivity index (χ1) is 6.77. The Balaban J connectivity index is 2.20. The summed E-state index contributed by atoms with van der Waals surface area (Å²) in [4.78, 5) is 2.62. The first kappa shape index (κ1) is 12.0. The Morgan fingerprint density at radius 3 is 2.50 bits per heavy atom. The molecule has 0 aromatic carbocycles. The highest BCUT2D eigenvalue weighted by Crippen LogP contribution is 2.27. The molecule has 0 saturated heterocycles. The van der Waals surface area contributed by atoms with Crippen LogP contribution in [0.25, 0.3) is 0 Å². The molecule has 1 unspecified atom stereocenters. The van der Waals surface area contributed by atoms with Crippen LogP contribution in [0.4, 0.5) is 0 Å². The van der Waals surface area contributed by atoms with E-state index < -0.39 is 0 Å². The molecule has 0 aromatic rings. The number of nitrogens with one attached hydrogen (secondary N) is 1. The average Bonchev–Trinajstić information content (AvgIpc) is 2.13. The van der Waals surface area contributed by atoms with E-state index in [1.807, 2.05) is 0 Å². The average molecular weight is 198 g/mol. The second-order valence-electron chi connectivity index (χ2n) is 4.54. The van der Waals surface area contributed by atoms with Crippen LogP contribution >= 0.6 is 0 Å². The summed E-state index contributed by atoms with van der Waals surface area (Å²) in [6.45, 7) is 11.5. The molecule has 1 aliphatic rings. The smallest absolute Gasteiger partial charge is 0.0192 e. The van der Waals surface area contributed by atoms with Crippen molar-refractivity contribution < 1.29 is 0 Å². The molecule has 1 rings (SSSR count). The Bertz CT molecular complexity index is 143. The third-order valence-electron chi connectivity index (χ3n) is 3.44. The molecule has 14 heavy (non-hydrogen) atoms. The lowest BCUT2D eigenvalue weighted by atomic mass is 9.85. The van der Waals surface area contributed by atoms with E-state index in [4.69, 9.17) is 0 Å². The van der Waals surface area contributed by atoms with Crippen molar-refractivity contribution >= 4 is 0 Å². The first-order valence-electron chi connectivity index (χ1n) is 6.22. The zero-order chi connectivity index (χ0) is 10.4. The maximum atomic E-state index is 3.43. The van der Waals surface area contributed by atoms with Crippen molar-refractivity contribution in [3.05, 3.63) is 0 Å². The lowest BCUT2D eigenvalue weighted by molar-refractivity contribution is 0.145. The molecule has 1 fully saturated rings. The van der Waals surface area contributed by atoms with Gasteiger partial charge in [-0.1, -0.05) is 20.3 Å². The molecule has 1 saturated carbocycles. The quantitative estimate of drug-likeness (QED) is 0.674. The van der Waals surface area contributed by atoms with Crippen molar-refractivity contribution in [2.75, 3.05) is 26.2 Å². The Hall–Kier alpha value is -0.0800. The third-order valence-corrected chi connectivity index (χ3v) is 3.44. The van der Waals surface area contributed by atoms with Crippen LogP contribution in [0.3, 0.4) is 0 Å². The Labute approximate surface area is 89.1 Å². The minimum atomic E-state index is 0.695. The number of nitrogens with zero attached hydrogens (tertiary/aromatic N) is 1. The lowest BCUT2D eigenvalue weighted by Crippen LogP contribution is -2.43. The van der Waals surface area contributed by atoms with Crippen LogP contribution in [-0.2, 0) is 0 Å². The number of rotatable bonds is 7. The fraction of sp³-hybridized carbons (Fsp3) is 1.00. The molecule has 0 heterocycles. The standard InChI is InChI=1S/C12H26N2/c1-4-13-9-11(3)14(5-2)10-12-7-6-8-12/h11-13H,4-10H2,1-3H3. The van der Waals surface area contributed by atoms with Crippen LogP contribution in [0.5, 0.6) is 0 Å². The number of likely N-dealkylation sites (N-methyl/N-ethyl adjacent to an activating group) is 2. The van der Waals surface area contributed by atoms with Crippen molar-refractivity contribution in [1.29, 1.82) is 0 Å². The second kappa shape index (κ2) is 6.41. The van der Waals surface area contributed by atoms with Gasteiger partial charge in [0.25, 0.3) is 0 Å². The minimum Gasteiger partial charge on any atom is -0.315 e. The van der Waals surface area contributed by atoms with Crippen molar-refractivity contribution in [1.82, 2.24) is 10.2 Å². The molecule has 1 aliphatic carbocycles. The van der Waals surface area contributed by atoms with Gasteiger partial charge in [0.15, 0.2) is 0 Å². The van der Waals surface area contributed by atoms with Gasteiger partial charge in [-0.25, -0.2) is 0 Å². The predicted molar refractivity (Wildman–Crippen MR) is 62.6 cm³/mol. The van der Waals surface area contributed by atoms with Crippen LogP contribution in [0.2, 0.25) is 0 Å². The Kier molecular flexibility index (Phi) is 5.49. The summed E-state index contributed by atoms with van der Waals surface area (Å²) in [6.07, 6.45) is 4.39. The Morgan fingerprint density at radius 2 is 2.07 bits per heavy atom. The second-order valence-corrected chi connectivity index (χ2v) is 4.54. The third kappa shape index (κ3) is 3.58. The lowest BCUT2D eigenvalue weighted by Gasteiger charge is -2.35. The van der Waals surface area contributed by atoms with Gasteiger partial charge in [-0.05, 0) is 38.8 Å².